The van der Waals surface area contributed by atoms with Gasteiger partial charge in [0.1, 0.15) is 6.04 Å². The van der Waals surface area contributed by atoms with Gasteiger partial charge in [-0.05, 0) is 63.4 Å². The summed E-state index contributed by atoms with van der Waals surface area (Å²) < 4.78 is 0. The van der Waals surface area contributed by atoms with Crippen LogP contribution in [0.25, 0.3) is 0 Å². The van der Waals surface area contributed by atoms with Crippen molar-refractivity contribution in [3.63, 3.8) is 0 Å². The molecule has 0 saturated carbocycles. The molecule has 0 aliphatic carbocycles. The number of hydrogen-bond acceptors (Lipinski definition) is 3. The van der Waals surface area contributed by atoms with E-state index in [1.165, 1.54) is 17.3 Å². The fourth-order valence-corrected chi connectivity index (χ4v) is 4.62. The third-order valence-electron chi connectivity index (χ3n) is 5.75. The summed E-state index contributed by atoms with van der Waals surface area (Å²) in [6.45, 7) is 10.4. The minimum absolute atomic E-state index is 0.0520. The smallest absolute Gasteiger partial charge is 0.243 e. The number of thioether (sulfide) groups is 1. The number of rotatable bonds is 9. The van der Waals surface area contributed by atoms with Crippen LogP contribution in [0.4, 0.5) is 0 Å². The second-order valence-corrected chi connectivity index (χ2v) is 11.0. The van der Waals surface area contributed by atoms with Crippen LogP contribution in [0.1, 0.15) is 43.0 Å². The van der Waals surface area contributed by atoms with Crippen molar-refractivity contribution in [2.45, 2.75) is 64.1 Å². The Labute approximate surface area is 214 Å². The monoisotopic (exact) mass is 488 g/mol. The summed E-state index contributed by atoms with van der Waals surface area (Å²) in [5.74, 6) is 0.0793. The van der Waals surface area contributed by atoms with Crippen molar-refractivity contribution in [3.05, 3.63) is 101 Å². The number of carbonyl (C=O) groups excluding carboxylic acids is 2. The first-order valence-corrected chi connectivity index (χ1v) is 13.0. The lowest BCUT2D eigenvalue weighted by molar-refractivity contribution is -0.140. The van der Waals surface area contributed by atoms with E-state index < -0.39 is 11.6 Å². The molecule has 1 atom stereocenters. The molecule has 0 spiro atoms. The Kier molecular flexibility index (Phi) is 9.16. The number of benzene rings is 3. The van der Waals surface area contributed by atoms with E-state index in [9.17, 15) is 9.59 Å². The normalized spacial score (nSPS) is 12.1. The predicted octanol–water partition coefficient (Wildman–Crippen LogP) is 5.95. The number of hydrogen-bond donors (Lipinski definition) is 1. The molecule has 0 aliphatic heterocycles. The Morgan fingerprint density at radius 2 is 1.51 bits per heavy atom. The summed E-state index contributed by atoms with van der Waals surface area (Å²) in [5, 5.41) is 3.12. The van der Waals surface area contributed by atoms with Gasteiger partial charge in [0.05, 0.1) is 5.75 Å². The molecular formula is C30H36N2O2S. The van der Waals surface area contributed by atoms with Crippen LogP contribution in [0.2, 0.25) is 0 Å². The summed E-state index contributed by atoms with van der Waals surface area (Å²) in [6, 6.07) is 25.5. The summed E-state index contributed by atoms with van der Waals surface area (Å²) in [7, 11) is 0. The molecule has 0 bridgehead atoms. The molecule has 1 N–H and O–H groups in total. The van der Waals surface area contributed by atoms with Gasteiger partial charge in [0.25, 0.3) is 0 Å². The minimum atomic E-state index is -0.623. The van der Waals surface area contributed by atoms with E-state index in [2.05, 4.69) is 5.32 Å². The molecule has 3 rings (SSSR count). The number of nitrogens with one attached hydrogen (secondary N) is 1. The lowest BCUT2D eigenvalue weighted by Gasteiger charge is -2.34. The molecule has 4 nitrogen and oxygen atoms in total. The molecule has 0 aliphatic rings. The average molecular weight is 489 g/mol. The second-order valence-electron chi connectivity index (χ2n) is 9.99. The van der Waals surface area contributed by atoms with E-state index in [-0.39, 0.29) is 17.6 Å². The van der Waals surface area contributed by atoms with Crippen LogP contribution < -0.4 is 5.32 Å². The third-order valence-corrected chi connectivity index (χ3v) is 6.75. The van der Waals surface area contributed by atoms with Crippen molar-refractivity contribution >= 4 is 23.6 Å². The highest BCUT2D eigenvalue weighted by atomic mass is 32.2. The Hall–Kier alpha value is -3.05. The van der Waals surface area contributed by atoms with Gasteiger partial charge in [-0.1, -0.05) is 72.3 Å². The maximum atomic E-state index is 13.7. The van der Waals surface area contributed by atoms with E-state index in [0.29, 0.717) is 13.0 Å². The SMILES string of the molecule is Cc1ccc(SCC(=O)N(Cc2ccccc2C)C(Cc2ccccc2)C(=O)NC(C)(C)C)cc1. The van der Waals surface area contributed by atoms with E-state index in [0.717, 1.165) is 21.6 Å². The second kappa shape index (κ2) is 12.1. The lowest BCUT2D eigenvalue weighted by Crippen LogP contribution is -2.54. The zero-order chi connectivity index (χ0) is 25.4. The van der Waals surface area contributed by atoms with Gasteiger partial charge in [0, 0.05) is 23.4 Å². The Bertz CT molecular complexity index is 1120. The van der Waals surface area contributed by atoms with E-state index >= 15 is 0 Å². The molecule has 184 valence electrons. The molecule has 2 amide bonds. The van der Waals surface area contributed by atoms with Gasteiger partial charge in [-0.15, -0.1) is 11.8 Å². The van der Waals surface area contributed by atoms with Gasteiger partial charge in [-0.25, -0.2) is 0 Å². The molecule has 3 aromatic carbocycles. The van der Waals surface area contributed by atoms with E-state index in [1.54, 1.807) is 4.90 Å². The number of nitrogens with zero attached hydrogens (tertiary/aromatic N) is 1. The van der Waals surface area contributed by atoms with Gasteiger partial charge in [-0.3, -0.25) is 9.59 Å². The minimum Gasteiger partial charge on any atom is -0.350 e. The van der Waals surface area contributed by atoms with Crippen LogP contribution in [0, 0.1) is 13.8 Å². The first kappa shape index (κ1) is 26.6. The van der Waals surface area contributed by atoms with Crippen molar-refractivity contribution in [2.24, 2.45) is 0 Å². The summed E-state index contributed by atoms with van der Waals surface area (Å²) >= 11 is 1.51. The third kappa shape index (κ3) is 8.29. The zero-order valence-electron chi connectivity index (χ0n) is 21.4. The maximum absolute atomic E-state index is 13.7. The fourth-order valence-electron chi connectivity index (χ4n) is 3.84. The van der Waals surface area contributed by atoms with Gasteiger partial charge in [-0.2, -0.15) is 0 Å². The van der Waals surface area contributed by atoms with Crippen molar-refractivity contribution in [1.29, 1.82) is 0 Å². The Morgan fingerprint density at radius 3 is 2.14 bits per heavy atom. The molecule has 0 radical (unpaired) electrons. The van der Waals surface area contributed by atoms with Crippen LogP contribution in [0.15, 0.2) is 83.8 Å². The number of aryl methyl sites for hydroxylation is 2. The molecular weight excluding hydrogens is 452 g/mol. The van der Waals surface area contributed by atoms with Crippen LogP contribution in [0.5, 0.6) is 0 Å². The van der Waals surface area contributed by atoms with Crippen molar-refractivity contribution in [3.8, 4) is 0 Å². The highest BCUT2D eigenvalue weighted by molar-refractivity contribution is 8.00. The average Bonchev–Trinajstić information content (AvgIpc) is 2.81. The summed E-state index contributed by atoms with van der Waals surface area (Å²) in [6.07, 6.45) is 0.454. The molecule has 1 unspecified atom stereocenters. The quantitative estimate of drug-likeness (QED) is 0.379. The van der Waals surface area contributed by atoms with Crippen molar-refractivity contribution in [2.75, 3.05) is 5.75 Å². The zero-order valence-corrected chi connectivity index (χ0v) is 22.2. The molecule has 0 saturated heterocycles. The van der Waals surface area contributed by atoms with E-state index in [4.69, 9.17) is 0 Å². The predicted molar refractivity (Wildman–Crippen MR) is 145 cm³/mol. The van der Waals surface area contributed by atoms with Gasteiger partial charge in [0.15, 0.2) is 0 Å². The first-order chi connectivity index (χ1) is 16.6. The van der Waals surface area contributed by atoms with Crippen LogP contribution in [0.3, 0.4) is 0 Å². The highest BCUT2D eigenvalue weighted by Crippen LogP contribution is 2.22. The van der Waals surface area contributed by atoms with Gasteiger partial charge >= 0.3 is 0 Å². The molecule has 0 aromatic heterocycles. The number of amides is 2. The fraction of sp³-hybridized carbons (Fsp3) is 0.333. The van der Waals surface area contributed by atoms with Crippen LogP contribution in [-0.2, 0) is 22.6 Å². The summed E-state index contributed by atoms with van der Waals surface area (Å²) in [5.41, 5.74) is 3.95. The molecule has 5 heteroatoms. The van der Waals surface area contributed by atoms with Crippen molar-refractivity contribution in [1.82, 2.24) is 10.2 Å². The lowest BCUT2D eigenvalue weighted by atomic mass is 10.00. The largest absolute Gasteiger partial charge is 0.350 e. The Balaban J connectivity index is 1.93. The standard InChI is InChI=1S/C30H36N2O2S/c1-22-15-17-26(18-16-22)35-21-28(33)32(20-25-14-10-9-11-23(25)2)27(29(34)31-30(3,4)5)19-24-12-7-6-8-13-24/h6-18,27H,19-21H2,1-5H3,(H,31,34). The van der Waals surface area contributed by atoms with Crippen LogP contribution >= 0.6 is 11.8 Å². The van der Waals surface area contributed by atoms with Crippen LogP contribution in [-0.4, -0.2) is 34.0 Å². The molecule has 3 aromatic rings. The molecule has 35 heavy (non-hydrogen) atoms. The first-order valence-electron chi connectivity index (χ1n) is 12.0. The topological polar surface area (TPSA) is 49.4 Å². The van der Waals surface area contributed by atoms with Gasteiger partial charge in [0.2, 0.25) is 11.8 Å². The van der Waals surface area contributed by atoms with Crippen molar-refractivity contribution < 1.29 is 9.59 Å². The van der Waals surface area contributed by atoms with E-state index in [1.807, 2.05) is 113 Å². The van der Waals surface area contributed by atoms with Gasteiger partial charge < -0.3 is 10.2 Å². The molecule has 0 fully saturated rings. The Morgan fingerprint density at radius 1 is 0.886 bits per heavy atom. The molecule has 0 heterocycles. The summed E-state index contributed by atoms with van der Waals surface area (Å²) in [4.78, 5) is 30.1. The number of carbonyl (C=O) groups is 2. The maximum Gasteiger partial charge on any atom is 0.243 e. The highest BCUT2D eigenvalue weighted by Gasteiger charge is 2.32.